The Hall–Kier alpha value is -1.39. The highest BCUT2D eigenvalue weighted by Gasteiger charge is 2.40. The summed E-state index contributed by atoms with van der Waals surface area (Å²) in [5.41, 5.74) is 3.65. The van der Waals surface area contributed by atoms with Gasteiger partial charge in [0.25, 0.3) is 0 Å². The van der Waals surface area contributed by atoms with Gasteiger partial charge in [-0.2, -0.15) is 0 Å². The first-order valence-corrected chi connectivity index (χ1v) is 6.39. The lowest BCUT2D eigenvalue weighted by atomic mass is 9.88. The lowest BCUT2D eigenvalue weighted by Crippen LogP contribution is -2.41. The Labute approximate surface area is 108 Å². The molecule has 0 aliphatic carbocycles. The maximum Gasteiger partial charge on any atom is 0.122 e. The molecular formula is C14H21N3O. The van der Waals surface area contributed by atoms with E-state index in [-0.39, 0.29) is 18.1 Å². The molecule has 1 saturated heterocycles. The number of rotatable bonds is 2. The number of nitrogens with one attached hydrogen (secondary N) is 1. The molecule has 0 saturated carbocycles. The fraction of sp³-hybridized carbons (Fsp3) is 0.500. The van der Waals surface area contributed by atoms with Crippen LogP contribution in [0.5, 0.6) is 0 Å². The number of para-hydroxylation sites is 1. The van der Waals surface area contributed by atoms with E-state index in [2.05, 4.69) is 31.2 Å². The molecule has 4 unspecified atom stereocenters. The van der Waals surface area contributed by atoms with Crippen molar-refractivity contribution < 1.29 is 4.74 Å². The third-order valence-electron chi connectivity index (χ3n) is 3.71. The Bertz CT molecular complexity index is 418. The topological polar surface area (TPSA) is 59.6 Å². The summed E-state index contributed by atoms with van der Waals surface area (Å²) in [6, 6.07) is 9.83. The van der Waals surface area contributed by atoms with Crippen molar-refractivity contribution in [2.45, 2.75) is 33.0 Å². The van der Waals surface area contributed by atoms with Gasteiger partial charge < -0.3 is 10.2 Å². The summed E-state index contributed by atoms with van der Waals surface area (Å²) in [5, 5.41) is 0. The molecule has 1 aliphatic heterocycles. The van der Waals surface area contributed by atoms with Crippen molar-refractivity contribution >= 4 is 11.5 Å². The van der Waals surface area contributed by atoms with E-state index in [4.69, 9.17) is 10.6 Å². The monoisotopic (exact) mass is 247 g/mol. The van der Waals surface area contributed by atoms with Gasteiger partial charge in [0.2, 0.25) is 0 Å². The minimum Gasteiger partial charge on any atom is -0.374 e. The standard InChI is InChI=1S/C14H21N3O/c1-9-10(2)18-11(3)13(9)14(17-15)16-12-7-5-4-6-8-12/h4-11,13H,15H2,1-3H3,(H,16,17). The molecule has 1 aromatic rings. The van der Waals surface area contributed by atoms with Gasteiger partial charge in [-0.3, -0.25) is 0 Å². The SMILES string of the molecule is CC1OC(C)C(C(=Nc2ccccc2)NN)C1C. The van der Waals surface area contributed by atoms with Gasteiger partial charge in [0.1, 0.15) is 5.84 Å². The van der Waals surface area contributed by atoms with Gasteiger partial charge >= 0.3 is 0 Å². The second-order valence-corrected chi connectivity index (χ2v) is 4.91. The molecule has 1 heterocycles. The normalized spacial score (nSPS) is 32.6. The minimum atomic E-state index is 0.133. The second-order valence-electron chi connectivity index (χ2n) is 4.91. The van der Waals surface area contributed by atoms with Gasteiger partial charge in [-0.25, -0.2) is 10.8 Å². The van der Waals surface area contributed by atoms with Crippen LogP contribution in [0.15, 0.2) is 35.3 Å². The number of hydrogen-bond acceptors (Lipinski definition) is 3. The van der Waals surface area contributed by atoms with E-state index in [1.165, 1.54) is 0 Å². The fourth-order valence-electron chi connectivity index (χ4n) is 2.58. The molecule has 1 aliphatic rings. The van der Waals surface area contributed by atoms with Gasteiger partial charge in [0.15, 0.2) is 0 Å². The van der Waals surface area contributed by atoms with Crippen LogP contribution in [0.3, 0.4) is 0 Å². The predicted molar refractivity (Wildman–Crippen MR) is 73.5 cm³/mol. The van der Waals surface area contributed by atoms with Crippen molar-refractivity contribution in [3.05, 3.63) is 30.3 Å². The largest absolute Gasteiger partial charge is 0.374 e. The predicted octanol–water partition coefficient (Wildman–Crippen LogP) is 2.24. The summed E-state index contributed by atoms with van der Waals surface area (Å²) >= 11 is 0. The molecule has 1 aromatic carbocycles. The smallest absolute Gasteiger partial charge is 0.122 e. The number of nitrogens with two attached hydrogens (primary N) is 1. The first kappa shape index (κ1) is 13.1. The molecule has 2 rings (SSSR count). The van der Waals surface area contributed by atoms with Crippen molar-refractivity contribution in [1.82, 2.24) is 5.43 Å². The summed E-state index contributed by atoms with van der Waals surface area (Å²) in [5.74, 6) is 7.05. The molecule has 0 spiro atoms. The van der Waals surface area contributed by atoms with E-state index in [1.807, 2.05) is 30.3 Å². The van der Waals surface area contributed by atoms with E-state index in [0.29, 0.717) is 5.92 Å². The van der Waals surface area contributed by atoms with E-state index in [1.54, 1.807) is 0 Å². The zero-order valence-corrected chi connectivity index (χ0v) is 11.1. The van der Waals surface area contributed by atoms with Crippen molar-refractivity contribution in [3.63, 3.8) is 0 Å². The molecule has 1 fully saturated rings. The minimum absolute atomic E-state index is 0.133. The van der Waals surface area contributed by atoms with Gasteiger partial charge in [0, 0.05) is 5.92 Å². The van der Waals surface area contributed by atoms with Gasteiger partial charge in [-0.05, 0) is 31.9 Å². The highest BCUT2D eigenvalue weighted by atomic mass is 16.5. The summed E-state index contributed by atoms with van der Waals surface area (Å²) in [7, 11) is 0. The van der Waals surface area contributed by atoms with Crippen LogP contribution in [0, 0.1) is 11.8 Å². The highest BCUT2D eigenvalue weighted by Crippen LogP contribution is 2.33. The van der Waals surface area contributed by atoms with Gasteiger partial charge in [-0.15, -0.1) is 0 Å². The molecule has 0 radical (unpaired) electrons. The Morgan fingerprint density at radius 3 is 2.33 bits per heavy atom. The number of hydrogen-bond donors (Lipinski definition) is 2. The molecule has 0 bridgehead atoms. The third kappa shape index (κ3) is 2.54. The number of aliphatic imine (C=N–C) groups is 1. The zero-order valence-electron chi connectivity index (χ0n) is 11.1. The van der Waals surface area contributed by atoms with Crippen molar-refractivity contribution in [3.8, 4) is 0 Å². The van der Waals surface area contributed by atoms with Gasteiger partial charge in [-0.1, -0.05) is 25.1 Å². The Balaban J connectivity index is 2.26. The van der Waals surface area contributed by atoms with Crippen LogP contribution in [0.25, 0.3) is 0 Å². The number of ether oxygens (including phenoxy) is 1. The number of hydrazine groups is 1. The average molecular weight is 247 g/mol. The summed E-state index contributed by atoms with van der Waals surface area (Å²) in [4.78, 5) is 4.59. The highest BCUT2D eigenvalue weighted by molar-refractivity contribution is 5.87. The van der Waals surface area contributed by atoms with Crippen molar-refractivity contribution in [2.75, 3.05) is 0 Å². The number of amidine groups is 1. The summed E-state index contributed by atoms with van der Waals surface area (Å²) in [6.45, 7) is 6.34. The first-order chi connectivity index (χ1) is 8.63. The first-order valence-electron chi connectivity index (χ1n) is 6.39. The van der Waals surface area contributed by atoms with E-state index < -0.39 is 0 Å². The zero-order chi connectivity index (χ0) is 13.1. The molecule has 4 nitrogen and oxygen atoms in total. The lowest BCUT2D eigenvalue weighted by Gasteiger charge is -2.20. The van der Waals surface area contributed by atoms with Crippen LogP contribution in [-0.4, -0.2) is 18.0 Å². The molecule has 0 amide bonds. The van der Waals surface area contributed by atoms with Crippen LogP contribution in [0.1, 0.15) is 20.8 Å². The molecule has 3 N–H and O–H groups in total. The van der Waals surface area contributed by atoms with Crippen LogP contribution in [0.2, 0.25) is 0 Å². The number of benzene rings is 1. The molecule has 0 aromatic heterocycles. The fourth-order valence-corrected chi connectivity index (χ4v) is 2.58. The Kier molecular flexibility index (Phi) is 3.99. The Morgan fingerprint density at radius 1 is 1.17 bits per heavy atom. The number of nitrogens with zero attached hydrogens (tertiary/aromatic N) is 1. The third-order valence-corrected chi connectivity index (χ3v) is 3.71. The molecule has 18 heavy (non-hydrogen) atoms. The second kappa shape index (κ2) is 5.50. The molecule has 4 heteroatoms. The van der Waals surface area contributed by atoms with Gasteiger partial charge in [0.05, 0.1) is 17.9 Å². The molecular weight excluding hydrogens is 226 g/mol. The molecule has 4 atom stereocenters. The average Bonchev–Trinajstić information content (AvgIpc) is 2.62. The van der Waals surface area contributed by atoms with Crippen LogP contribution >= 0.6 is 0 Å². The van der Waals surface area contributed by atoms with E-state index in [0.717, 1.165) is 11.5 Å². The quantitative estimate of drug-likeness (QED) is 0.365. The van der Waals surface area contributed by atoms with Crippen LogP contribution in [0.4, 0.5) is 5.69 Å². The summed E-state index contributed by atoms with van der Waals surface area (Å²) in [6.07, 6.45) is 0.368. The maximum absolute atomic E-state index is 5.83. The maximum atomic E-state index is 5.83. The lowest BCUT2D eigenvalue weighted by molar-refractivity contribution is 0.0549. The Morgan fingerprint density at radius 2 is 1.83 bits per heavy atom. The molecule has 98 valence electrons. The van der Waals surface area contributed by atoms with E-state index in [9.17, 15) is 0 Å². The van der Waals surface area contributed by atoms with E-state index >= 15 is 0 Å². The van der Waals surface area contributed by atoms with Crippen LogP contribution < -0.4 is 11.3 Å². The van der Waals surface area contributed by atoms with Crippen LogP contribution in [-0.2, 0) is 4.74 Å². The van der Waals surface area contributed by atoms with Crippen molar-refractivity contribution in [2.24, 2.45) is 22.7 Å². The van der Waals surface area contributed by atoms with Crippen molar-refractivity contribution in [1.29, 1.82) is 0 Å². The summed E-state index contributed by atoms with van der Waals surface area (Å²) < 4.78 is 5.83.